The predicted molar refractivity (Wildman–Crippen MR) is 119 cm³/mol. The third kappa shape index (κ3) is 3.66. The van der Waals surface area contributed by atoms with Crippen LogP contribution < -0.4 is 9.80 Å². The lowest BCUT2D eigenvalue weighted by Gasteiger charge is -2.41. The summed E-state index contributed by atoms with van der Waals surface area (Å²) in [6, 6.07) is 5.29. The molecule has 3 heterocycles. The Balaban J connectivity index is 1.48. The molecule has 5 rings (SSSR count). The summed E-state index contributed by atoms with van der Waals surface area (Å²) >= 11 is 0. The summed E-state index contributed by atoms with van der Waals surface area (Å²) in [6.45, 7) is 3.78. The number of nitrogens with zero attached hydrogens (tertiary/aromatic N) is 4. The Kier molecular flexibility index (Phi) is 4.99. The zero-order valence-electron chi connectivity index (χ0n) is 18.1. The number of anilines is 2. The zero-order valence-corrected chi connectivity index (χ0v) is 18.9. The van der Waals surface area contributed by atoms with Gasteiger partial charge in [0.2, 0.25) is 5.91 Å². The van der Waals surface area contributed by atoms with Crippen LogP contribution in [-0.2, 0) is 19.4 Å². The molecular weight excluding hydrogens is 432 g/mol. The molecule has 10 heteroatoms. The van der Waals surface area contributed by atoms with Crippen LogP contribution in [0.1, 0.15) is 39.2 Å². The van der Waals surface area contributed by atoms with Gasteiger partial charge in [0.25, 0.3) is 0 Å². The summed E-state index contributed by atoms with van der Waals surface area (Å²) in [5.74, 6) is 0.118. The van der Waals surface area contributed by atoms with E-state index in [1.165, 1.54) is 6.92 Å². The zero-order chi connectivity index (χ0) is 22.6. The summed E-state index contributed by atoms with van der Waals surface area (Å²) in [6.07, 6.45) is 5.93. The van der Waals surface area contributed by atoms with Gasteiger partial charge in [-0.05, 0) is 43.9 Å². The van der Waals surface area contributed by atoms with Crippen molar-refractivity contribution in [1.29, 1.82) is 0 Å². The topological polar surface area (TPSA) is 102 Å². The van der Waals surface area contributed by atoms with E-state index in [1.54, 1.807) is 20.7 Å². The molecular formula is C22H26N4O5S. The molecule has 0 unspecified atom stereocenters. The third-order valence-electron chi connectivity index (χ3n) is 6.49. The number of hydrogen-bond acceptors (Lipinski definition) is 6. The van der Waals surface area contributed by atoms with E-state index in [0.717, 1.165) is 30.4 Å². The minimum absolute atomic E-state index is 0.0349. The lowest BCUT2D eigenvalue weighted by molar-refractivity contribution is -0.117. The molecule has 3 aliphatic rings. The van der Waals surface area contributed by atoms with E-state index in [-0.39, 0.29) is 35.6 Å². The van der Waals surface area contributed by atoms with Crippen LogP contribution in [0.2, 0.25) is 0 Å². The average molecular weight is 459 g/mol. The quantitative estimate of drug-likeness (QED) is 0.701. The maximum Gasteiger partial charge on any atom is 0.414 e. The van der Waals surface area contributed by atoms with E-state index in [2.05, 4.69) is 5.10 Å². The molecule has 2 aliphatic heterocycles. The second-order valence-electron chi connectivity index (χ2n) is 8.93. The van der Waals surface area contributed by atoms with Crippen molar-refractivity contribution in [2.24, 2.45) is 0 Å². The van der Waals surface area contributed by atoms with Gasteiger partial charge in [0.15, 0.2) is 9.84 Å². The highest BCUT2D eigenvalue weighted by atomic mass is 32.2. The van der Waals surface area contributed by atoms with Gasteiger partial charge in [0.1, 0.15) is 6.10 Å². The number of ether oxygens (including phenoxy) is 1. The van der Waals surface area contributed by atoms with Gasteiger partial charge >= 0.3 is 6.09 Å². The molecule has 1 saturated heterocycles. The van der Waals surface area contributed by atoms with Crippen molar-refractivity contribution in [2.75, 3.05) is 27.9 Å². The van der Waals surface area contributed by atoms with Gasteiger partial charge in [-0.1, -0.05) is 6.07 Å². The first-order chi connectivity index (χ1) is 15.2. The van der Waals surface area contributed by atoms with Crippen LogP contribution in [0.25, 0.3) is 11.1 Å². The normalized spacial score (nSPS) is 22.6. The molecule has 170 valence electrons. The number of rotatable bonds is 3. The Morgan fingerprint density at radius 1 is 1.12 bits per heavy atom. The maximum atomic E-state index is 13.0. The molecule has 1 saturated carbocycles. The van der Waals surface area contributed by atoms with E-state index in [0.29, 0.717) is 17.9 Å². The van der Waals surface area contributed by atoms with Crippen LogP contribution in [0, 0.1) is 0 Å². The Morgan fingerprint density at radius 3 is 2.50 bits per heavy atom. The first-order valence-corrected chi connectivity index (χ1v) is 12.7. The Labute approximate surface area is 186 Å². The molecule has 2 amide bonds. The van der Waals surface area contributed by atoms with E-state index in [9.17, 15) is 18.0 Å². The molecule has 0 N–H and O–H groups in total. The van der Waals surface area contributed by atoms with Gasteiger partial charge in [-0.25, -0.2) is 13.2 Å². The van der Waals surface area contributed by atoms with Crippen LogP contribution in [0.4, 0.5) is 16.2 Å². The monoisotopic (exact) mass is 458 g/mol. The van der Waals surface area contributed by atoms with Crippen LogP contribution in [0.15, 0.2) is 30.6 Å². The number of carbonyl (C=O) groups excluding carboxylic acids is 2. The molecule has 2 fully saturated rings. The fourth-order valence-electron chi connectivity index (χ4n) is 4.53. The molecule has 1 aromatic heterocycles. The summed E-state index contributed by atoms with van der Waals surface area (Å²) in [5, 5.41) is 4.34. The second-order valence-corrected chi connectivity index (χ2v) is 11.1. The highest BCUT2D eigenvalue weighted by Gasteiger charge is 2.37. The number of fused-ring (bicyclic) bond motifs is 1. The summed E-state index contributed by atoms with van der Waals surface area (Å²) < 4.78 is 30.3. The Bertz CT molecular complexity index is 1170. The average Bonchev–Trinajstić information content (AvgIpc) is 3.17. The minimum Gasteiger partial charge on any atom is -0.446 e. The Morgan fingerprint density at radius 2 is 1.88 bits per heavy atom. The smallest absolute Gasteiger partial charge is 0.414 e. The van der Waals surface area contributed by atoms with Crippen molar-refractivity contribution >= 4 is 33.2 Å². The van der Waals surface area contributed by atoms with Gasteiger partial charge in [0, 0.05) is 25.2 Å². The minimum atomic E-state index is -2.95. The number of benzene rings is 1. The van der Waals surface area contributed by atoms with Gasteiger partial charge in [-0.15, -0.1) is 0 Å². The molecule has 0 bridgehead atoms. The molecule has 32 heavy (non-hydrogen) atoms. The van der Waals surface area contributed by atoms with Crippen LogP contribution >= 0.6 is 0 Å². The Hall–Kier alpha value is -2.88. The number of carbonyl (C=O) groups is 2. The molecule has 0 spiro atoms. The van der Waals surface area contributed by atoms with E-state index in [1.807, 2.05) is 31.3 Å². The van der Waals surface area contributed by atoms with Crippen LogP contribution in [0.3, 0.4) is 0 Å². The third-order valence-corrected chi connectivity index (χ3v) is 8.28. The first kappa shape index (κ1) is 21.0. The fourth-order valence-corrected chi connectivity index (χ4v) is 5.91. The van der Waals surface area contributed by atoms with Crippen molar-refractivity contribution in [3.8, 4) is 11.1 Å². The van der Waals surface area contributed by atoms with Crippen LogP contribution in [-0.4, -0.2) is 60.4 Å². The molecule has 1 aromatic carbocycles. The van der Waals surface area contributed by atoms with E-state index >= 15 is 0 Å². The molecule has 1 aliphatic carbocycles. The lowest BCUT2D eigenvalue weighted by Crippen LogP contribution is -2.52. The molecule has 0 radical (unpaired) electrons. The van der Waals surface area contributed by atoms with Crippen molar-refractivity contribution in [1.82, 2.24) is 9.78 Å². The van der Waals surface area contributed by atoms with Crippen LogP contribution in [0.5, 0.6) is 0 Å². The lowest BCUT2D eigenvalue weighted by atomic mass is 9.96. The molecule has 1 atom stereocenters. The number of aromatic nitrogens is 2. The van der Waals surface area contributed by atoms with Crippen molar-refractivity contribution < 1.29 is 22.7 Å². The summed E-state index contributed by atoms with van der Waals surface area (Å²) in [5.41, 5.74) is 2.94. The van der Waals surface area contributed by atoms with Gasteiger partial charge in [0.05, 0.1) is 41.2 Å². The van der Waals surface area contributed by atoms with Crippen molar-refractivity contribution in [3.63, 3.8) is 0 Å². The summed E-state index contributed by atoms with van der Waals surface area (Å²) in [4.78, 5) is 28.6. The fraction of sp³-hybridized carbons (Fsp3) is 0.500. The van der Waals surface area contributed by atoms with Gasteiger partial charge in [-0.3, -0.25) is 14.4 Å². The number of sulfone groups is 1. The molecule has 2 aromatic rings. The first-order valence-electron chi connectivity index (χ1n) is 10.9. The SMILES string of the molecule is CC(=O)N1c2ccc(-c3cnn(C4CS(=O)(=O)C4)c3)cc2N(C(=O)OC2CCC2)C[C@@H]1C. The predicted octanol–water partition coefficient (Wildman–Crippen LogP) is 2.77. The van der Waals surface area contributed by atoms with Crippen molar-refractivity contribution in [2.45, 2.75) is 51.3 Å². The second kappa shape index (κ2) is 7.61. The standard InChI is InChI=1S/C22H26N4O5S/c1-14-10-24(22(28)31-19-4-3-5-19)21-8-16(6-7-20(21)26(14)15(2)27)17-9-23-25(11-17)18-12-32(29,30)13-18/h6-9,11,14,18-19H,3-5,10,12-13H2,1-2H3/t14-/m0/s1. The van der Waals surface area contributed by atoms with E-state index < -0.39 is 15.9 Å². The highest BCUT2D eigenvalue weighted by molar-refractivity contribution is 7.92. The van der Waals surface area contributed by atoms with Crippen molar-refractivity contribution in [3.05, 3.63) is 30.6 Å². The van der Waals surface area contributed by atoms with Gasteiger partial charge in [-0.2, -0.15) is 5.10 Å². The maximum absolute atomic E-state index is 13.0. The number of amides is 2. The largest absolute Gasteiger partial charge is 0.446 e. The highest BCUT2D eigenvalue weighted by Crippen LogP contribution is 2.40. The summed E-state index contributed by atoms with van der Waals surface area (Å²) in [7, 11) is -2.95. The van der Waals surface area contributed by atoms with Gasteiger partial charge < -0.3 is 9.64 Å². The van der Waals surface area contributed by atoms with E-state index in [4.69, 9.17) is 4.74 Å². The number of hydrogen-bond donors (Lipinski definition) is 0. The molecule has 9 nitrogen and oxygen atoms in total.